The third-order valence-corrected chi connectivity index (χ3v) is 5.34. The maximum absolute atomic E-state index is 11.8. The lowest BCUT2D eigenvalue weighted by molar-refractivity contribution is -0.121. The van der Waals surface area contributed by atoms with Gasteiger partial charge in [-0.05, 0) is 44.5 Å². The summed E-state index contributed by atoms with van der Waals surface area (Å²) in [6.45, 7) is 3.93. The smallest absolute Gasteiger partial charge is 0.220 e. The van der Waals surface area contributed by atoms with Gasteiger partial charge in [-0.15, -0.1) is 10.2 Å². The number of rotatable bonds is 8. The molecule has 0 atom stereocenters. The molecule has 0 saturated heterocycles. The minimum atomic E-state index is 0.0804. The molecule has 0 bridgehead atoms. The average Bonchev–Trinajstić information content (AvgIpc) is 3.09. The Kier molecular flexibility index (Phi) is 7.12. The standard InChI is InChI=1S/C21H23ClN4OS/c1-15(2)23-19(27)13-8-14-28-21-25-24-20(17-11-6-7-12-18(17)22)26(21)16-9-4-3-5-10-16/h3-7,9-12,15H,8,13-14H2,1-2H3,(H,23,27). The lowest BCUT2D eigenvalue weighted by Crippen LogP contribution is -2.29. The van der Waals surface area contributed by atoms with Crippen LogP contribution in [0, 0.1) is 0 Å². The molecule has 5 nitrogen and oxygen atoms in total. The van der Waals surface area contributed by atoms with Crippen LogP contribution >= 0.6 is 23.4 Å². The van der Waals surface area contributed by atoms with Gasteiger partial charge in [0.15, 0.2) is 11.0 Å². The number of nitrogens with zero attached hydrogens (tertiary/aromatic N) is 3. The van der Waals surface area contributed by atoms with Gasteiger partial charge in [-0.1, -0.05) is 53.7 Å². The van der Waals surface area contributed by atoms with E-state index in [-0.39, 0.29) is 11.9 Å². The molecule has 0 aliphatic carbocycles. The van der Waals surface area contributed by atoms with Crippen LogP contribution in [-0.2, 0) is 4.79 Å². The van der Waals surface area contributed by atoms with Gasteiger partial charge in [-0.3, -0.25) is 9.36 Å². The first-order chi connectivity index (χ1) is 13.6. The molecule has 7 heteroatoms. The molecular weight excluding hydrogens is 392 g/mol. The topological polar surface area (TPSA) is 59.8 Å². The molecule has 0 unspecified atom stereocenters. The molecule has 0 saturated carbocycles. The van der Waals surface area contributed by atoms with Crippen molar-refractivity contribution in [3.8, 4) is 17.1 Å². The molecule has 0 aliphatic rings. The van der Waals surface area contributed by atoms with Crippen LogP contribution in [0.15, 0.2) is 59.8 Å². The summed E-state index contributed by atoms with van der Waals surface area (Å²) in [4.78, 5) is 11.8. The number of hydrogen-bond donors (Lipinski definition) is 1. The lowest BCUT2D eigenvalue weighted by atomic mass is 10.2. The summed E-state index contributed by atoms with van der Waals surface area (Å²) >= 11 is 7.99. The molecule has 3 rings (SSSR count). The fourth-order valence-corrected chi connectivity index (χ4v) is 3.89. The Hall–Kier alpha value is -2.31. The number of carbonyl (C=O) groups excluding carboxylic acids is 1. The number of nitrogens with one attached hydrogen (secondary N) is 1. The zero-order chi connectivity index (χ0) is 19.9. The Labute approximate surface area is 174 Å². The molecule has 0 radical (unpaired) electrons. The summed E-state index contributed by atoms with van der Waals surface area (Å²) < 4.78 is 2.01. The minimum absolute atomic E-state index is 0.0804. The average molecular weight is 415 g/mol. The number of amides is 1. The molecule has 0 spiro atoms. The quantitative estimate of drug-likeness (QED) is 0.417. The molecule has 2 aromatic carbocycles. The Morgan fingerprint density at radius 3 is 2.54 bits per heavy atom. The summed E-state index contributed by atoms with van der Waals surface area (Å²) in [6.07, 6.45) is 1.27. The first kappa shape index (κ1) is 20.4. The van der Waals surface area contributed by atoms with E-state index in [2.05, 4.69) is 15.5 Å². The van der Waals surface area contributed by atoms with Gasteiger partial charge < -0.3 is 5.32 Å². The van der Waals surface area contributed by atoms with E-state index in [1.807, 2.05) is 73.0 Å². The van der Waals surface area contributed by atoms with Crippen LogP contribution in [0.25, 0.3) is 17.1 Å². The van der Waals surface area contributed by atoms with Crippen LogP contribution in [0.4, 0.5) is 0 Å². The molecule has 1 N–H and O–H groups in total. The number of thioether (sulfide) groups is 1. The molecule has 3 aromatic rings. The zero-order valence-corrected chi connectivity index (χ0v) is 17.5. The Morgan fingerprint density at radius 2 is 1.82 bits per heavy atom. The second kappa shape index (κ2) is 9.75. The van der Waals surface area contributed by atoms with E-state index in [9.17, 15) is 4.79 Å². The first-order valence-electron chi connectivity index (χ1n) is 9.24. The van der Waals surface area contributed by atoms with Crippen LogP contribution in [0.2, 0.25) is 5.02 Å². The minimum Gasteiger partial charge on any atom is -0.354 e. The fourth-order valence-electron chi connectivity index (χ4n) is 2.78. The summed E-state index contributed by atoms with van der Waals surface area (Å²) in [5.41, 5.74) is 1.81. The summed E-state index contributed by atoms with van der Waals surface area (Å²) in [5, 5.41) is 13.1. The number of benzene rings is 2. The van der Waals surface area contributed by atoms with Crippen molar-refractivity contribution < 1.29 is 4.79 Å². The molecule has 0 aliphatic heterocycles. The second-order valence-electron chi connectivity index (χ2n) is 6.63. The Morgan fingerprint density at radius 1 is 1.11 bits per heavy atom. The Balaban J connectivity index is 1.80. The van der Waals surface area contributed by atoms with Gasteiger partial charge in [-0.2, -0.15) is 0 Å². The highest BCUT2D eigenvalue weighted by Crippen LogP contribution is 2.32. The first-order valence-corrected chi connectivity index (χ1v) is 10.6. The van der Waals surface area contributed by atoms with E-state index >= 15 is 0 Å². The van der Waals surface area contributed by atoms with Crippen LogP contribution in [0.5, 0.6) is 0 Å². The number of hydrogen-bond acceptors (Lipinski definition) is 4. The molecule has 1 heterocycles. The maximum atomic E-state index is 11.8. The van der Waals surface area contributed by atoms with E-state index in [4.69, 9.17) is 11.6 Å². The van der Waals surface area contributed by atoms with Gasteiger partial charge in [0.1, 0.15) is 0 Å². The van der Waals surface area contributed by atoms with Crippen LogP contribution in [0.3, 0.4) is 0 Å². The number of carbonyl (C=O) groups is 1. The van der Waals surface area contributed by atoms with E-state index in [1.54, 1.807) is 11.8 Å². The van der Waals surface area contributed by atoms with Crippen molar-refractivity contribution in [2.24, 2.45) is 0 Å². The fraction of sp³-hybridized carbons (Fsp3) is 0.286. The summed E-state index contributed by atoms with van der Waals surface area (Å²) in [5.74, 6) is 1.56. The van der Waals surface area contributed by atoms with Crippen LogP contribution in [-0.4, -0.2) is 32.5 Å². The monoisotopic (exact) mass is 414 g/mol. The van der Waals surface area contributed by atoms with Gasteiger partial charge in [0.25, 0.3) is 0 Å². The number of aromatic nitrogens is 3. The van der Waals surface area contributed by atoms with Gasteiger partial charge >= 0.3 is 0 Å². The van der Waals surface area contributed by atoms with Crippen molar-refractivity contribution in [3.05, 3.63) is 59.6 Å². The third-order valence-electron chi connectivity index (χ3n) is 3.99. The highest BCUT2D eigenvalue weighted by molar-refractivity contribution is 7.99. The Bertz CT molecular complexity index is 927. The highest BCUT2D eigenvalue weighted by Gasteiger charge is 2.17. The number of para-hydroxylation sites is 1. The van der Waals surface area contributed by atoms with Gasteiger partial charge in [0, 0.05) is 29.5 Å². The molecule has 1 aromatic heterocycles. The highest BCUT2D eigenvalue weighted by atomic mass is 35.5. The van der Waals surface area contributed by atoms with E-state index in [0.717, 1.165) is 28.6 Å². The van der Waals surface area contributed by atoms with E-state index < -0.39 is 0 Å². The predicted molar refractivity (Wildman–Crippen MR) is 115 cm³/mol. The van der Waals surface area contributed by atoms with Crippen molar-refractivity contribution in [3.63, 3.8) is 0 Å². The van der Waals surface area contributed by atoms with Crippen molar-refractivity contribution in [2.45, 2.75) is 37.9 Å². The molecule has 28 heavy (non-hydrogen) atoms. The SMILES string of the molecule is CC(C)NC(=O)CCCSc1nnc(-c2ccccc2Cl)n1-c1ccccc1. The van der Waals surface area contributed by atoms with Gasteiger partial charge in [-0.25, -0.2) is 0 Å². The maximum Gasteiger partial charge on any atom is 0.220 e. The molecular formula is C21H23ClN4OS. The molecule has 1 amide bonds. The third kappa shape index (κ3) is 5.14. The van der Waals surface area contributed by atoms with Gasteiger partial charge in [0.05, 0.1) is 5.02 Å². The normalized spacial score (nSPS) is 11.0. The van der Waals surface area contributed by atoms with Crippen LogP contribution < -0.4 is 5.32 Å². The number of halogens is 1. The van der Waals surface area contributed by atoms with Crippen LogP contribution in [0.1, 0.15) is 26.7 Å². The predicted octanol–water partition coefficient (Wildman–Crippen LogP) is 4.98. The van der Waals surface area contributed by atoms with E-state index in [0.29, 0.717) is 17.3 Å². The lowest BCUT2D eigenvalue weighted by Gasteiger charge is -2.11. The largest absolute Gasteiger partial charge is 0.354 e. The summed E-state index contributed by atoms with van der Waals surface area (Å²) in [7, 11) is 0. The second-order valence-corrected chi connectivity index (χ2v) is 8.10. The van der Waals surface area contributed by atoms with Crippen molar-refractivity contribution in [2.75, 3.05) is 5.75 Å². The van der Waals surface area contributed by atoms with Crippen molar-refractivity contribution in [1.29, 1.82) is 0 Å². The van der Waals surface area contributed by atoms with Crippen molar-refractivity contribution in [1.82, 2.24) is 20.1 Å². The molecule has 0 fully saturated rings. The molecule has 146 valence electrons. The van der Waals surface area contributed by atoms with Crippen molar-refractivity contribution >= 4 is 29.3 Å². The van der Waals surface area contributed by atoms with Gasteiger partial charge in [0.2, 0.25) is 5.91 Å². The van der Waals surface area contributed by atoms with E-state index in [1.165, 1.54) is 0 Å². The summed E-state index contributed by atoms with van der Waals surface area (Å²) in [6, 6.07) is 17.8. The zero-order valence-electron chi connectivity index (χ0n) is 15.9.